The molecule has 0 saturated carbocycles. The molecular weight excluding hydrogens is 342 g/mol. The van der Waals surface area contributed by atoms with Crippen molar-refractivity contribution in [2.24, 2.45) is 0 Å². The minimum atomic E-state index is -3.20. The fourth-order valence-corrected chi connectivity index (χ4v) is 3.64. The molecule has 1 aromatic carbocycles. The maximum absolute atomic E-state index is 11.6. The summed E-state index contributed by atoms with van der Waals surface area (Å²) in [5, 5.41) is 14.1. The molecule has 2 aromatic rings. The Kier molecular flexibility index (Phi) is 4.95. The van der Waals surface area contributed by atoms with Crippen LogP contribution < -0.4 is 0 Å². The van der Waals surface area contributed by atoms with Crippen LogP contribution in [0.3, 0.4) is 0 Å². The first-order valence-corrected chi connectivity index (χ1v) is 10.2. The van der Waals surface area contributed by atoms with Gasteiger partial charge in [0.25, 0.3) is 0 Å². The molecule has 1 fully saturated rings. The average molecular weight is 365 g/mol. The number of β-amino-alcohol motifs (C(OH)–C–C–N with tert-alkyl or cyclic N) is 1. The van der Waals surface area contributed by atoms with Crippen LogP contribution in [0.5, 0.6) is 0 Å². The summed E-state index contributed by atoms with van der Waals surface area (Å²) in [6.45, 7) is 5.08. The highest BCUT2D eigenvalue weighted by Gasteiger charge is 2.36. The van der Waals surface area contributed by atoms with E-state index in [0.717, 1.165) is 5.56 Å². The first-order valence-electron chi connectivity index (χ1n) is 8.28. The van der Waals surface area contributed by atoms with Crippen molar-refractivity contribution in [3.05, 3.63) is 41.5 Å². The maximum atomic E-state index is 11.6. The molecule has 3 rings (SSSR count). The van der Waals surface area contributed by atoms with Gasteiger partial charge in [0.2, 0.25) is 5.89 Å². The van der Waals surface area contributed by atoms with Gasteiger partial charge in [0.05, 0.1) is 17.0 Å². The minimum absolute atomic E-state index is 0.135. The number of hydrogen-bond donors (Lipinski definition) is 1. The van der Waals surface area contributed by atoms with E-state index in [0.29, 0.717) is 36.1 Å². The molecule has 136 valence electrons. The van der Waals surface area contributed by atoms with E-state index in [4.69, 9.17) is 4.52 Å². The predicted molar refractivity (Wildman–Crippen MR) is 91.7 cm³/mol. The third-order valence-corrected chi connectivity index (χ3v) is 5.51. The second kappa shape index (κ2) is 6.86. The highest BCUT2D eigenvalue weighted by Crippen LogP contribution is 2.33. The van der Waals surface area contributed by atoms with Crippen molar-refractivity contribution in [3.8, 4) is 0 Å². The smallest absolute Gasteiger partial charge is 0.244 e. The first-order chi connectivity index (χ1) is 11.7. The van der Waals surface area contributed by atoms with Crippen LogP contribution >= 0.6 is 0 Å². The van der Waals surface area contributed by atoms with Gasteiger partial charge in [0.15, 0.2) is 15.7 Å². The van der Waals surface area contributed by atoms with E-state index in [9.17, 15) is 13.5 Å². The Hall–Kier alpha value is -1.77. The number of hydrogen-bond acceptors (Lipinski definition) is 7. The Labute approximate surface area is 147 Å². The third-order valence-electron chi connectivity index (χ3n) is 4.38. The van der Waals surface area contributed by atoms with Crippen LogP contribution in [0.4, 0.5) is 0 Å². The van der Waals surface area contributed by atoms with Gasteiger partial charge in [-0.2, -0.15) is 4.98 Å². The van der Waals surface area contributed by atoms with Gasteiger partial charge in [0, 0.05) is 25.3 Å². The van der Waals surface area contributed by atoms with Crippen molar-refractivity contribution in [2.75, 3.05) is 12.8 Å². The van der Waals surface area contributed by atoms with Crippen molar-refractivity contribution in [1.82, 2.24) is 15.0 Å². The van der Waals surface area contributed by atoms with Crippen molar-refractivity contribution in [2.45, 2.75) is 49.8 Å². The van der Waals surface area contributed by atoms with Crippen molar-refractivity contribution in [1.29, 1.82) is 0 Å². The zero-order chi connectivity index (χ0) is 18.2. The van der Waals surface area contributed by atoms with Crippen LogP contribution in [-0.2, 0) is 16.4 Å². The highest BCUT2D eigenvalue weighted by atomic mass is 32.2. The lowest BCUT2D eigenvalue weighted by Crippen LogP contribution is -2.24. The molecule has 8 heteroatoms. The van der Waals surface area contributed by atoms with Crippen LogP contribution in [0.15, 0.2) is 33.7 Å². The van der Waals surface area contributed by atoms with Gasteiger partial charge in [-0.1, -0.05) is 31.1 Å². The zero-order valence-electron chi connectivity index (χ0n) is 14.6. The highest BCUT2D eigenvalue weighted by molar-refractivity contribution is 7.90. The van der Waals surface area contributed by atoms with Crippen LogP contribution in [0.2, 0.25) is 0 Å². The van der Waals surface area contributed by atoms with Gasteiger partial charge in [-0.15, -0.1) is 0 Å². The second-order valence-electron chi connectivity index (χ2n) is 6.90. The predicted octanol–water partition coefficient (Wildman–Crippen LogP) is 1.90. The van der Waals surface area contributed by atoms with Crippen molar-refractivity contribution >= 4 is 9.84 Å². The number of nitrogens with zero attached hydrogens (tertiary/aromatic N) is 3. The number of aliphatic hydroxyl groups is 1. The summed E-state index contributed by atoms with van der Waals surface area (Å²) >= 11 is 0. The Morgan fingerprint density at radius 1 is 1.32 bits per heavy atom. The Morgan fingerprint density at radius 2 is 2.00 bits per heavy atom. The summed E-state index contributed by atoms with van der Waals surface area (Å²) < 4.78 is 28.5. The van der Waals surface area contributed by atoms with E-state index < -0.39 is 15.9 Å². The van der Waals surface area contributed by atoms with Gasteiger partial charge in [-0.3, -0.25) is 4.90 Å². The van der Waals surface area contributed by atoms with E-state index in [1.165, 1.54) is 6.26 Å². The Balaban J connectivity index is 1.77. The summed E-state index contributed by atoms with van der Waals surface area (Å²) in [7, 11) is -3.20. The van der Waals surface area contributed by atoms with Gasteiger partial charge < -0.3 is 9.63 Å². The molecule has 1 N–H and O–H groups in total. The van der Waals surface area contributed by atoms with Crippen molar-refractivity contribution in [3.63, 3.8) is 0 Å². The number of rotatable bonds is 5. The monoisotopic (exact) mass is 365 g/mol. The molecule has 7 nitrogen and oxygen atoms in total. The van der Waals surface area contributed by atoms with E-state index in [2.05, 4.69) is 15.0 Å². The fraction of sp³-hybridized carbons (Fsp3) is 0.529. The van der Waals surface area contributed by atoms with Gasteiger partial charge in [-0.25, -0.2) is 8.42 Å². The molecule has 2 heterocycles. The largest absolute Gasteiger partial charge is 0.392 e. The Morgan fingerprint density at radius 3 is 2.56 bits per heavy atom. The molecule has 2 atom stereocenters. The van der Waals surface area contributed by atoms with Crippen molar-refractivity contribution < 1.29 is 18.0 Å². The molecular formula is C17H23N3O4S. The van der Waals surface area contributed by atoms with Gasteiger partial charge >= 0.3 is 0 Å². The van der Waals surface area contributed by atoms with Crippen LogP contribution in [-0.4, -0.2) is 47.5 Å². The summed E-state index contributed by atoms with van der Waals surface area (Å²) in [6.07, 6.45) is 1.28. The lowest BCUT2D eigenvalue weighted by molar-refractivity contribution is 0.169. The van der Waals surface area contributed by atoms with E-state index in [1.807, 2.05) is 13.8 Å². The second-order valence-corrected chi connectivity index (χ2v) is 8.91. The molecule has 1 aliphatic rings. The lowest BCUT2D eigenvalue weighted by Gasteiger charge is -2.21. The van der Waals surface area contributed by atoms with E-state index in [1.54, 1.807) is 24.3 Å². The van der Waals surface area contributed by atoms with Gasteiger partial charge in [0.1, 0.15) is 0 Å². The Bertz CT molecular complexity index is 830. The normalized spacial score (nSPS) is 22.0. The first kappa shape index (κ1) is 18.0. The number of sulfone groups is 1. The number of aliphatic hydroxyl groups excluding tert-OH is 1. The maximum Gasteiger partial charge on any atom is 0.244 e. The van der Waals surface area contributed by atoms with Crippen LogP contribution in [0.25, 0.3) is 0 Å². The summed E-state index contributed by atoms with van der Waals surface area (Å²) in [6, 6.07) is 6.67. The summed E-state index contributed by atoms with van der Waals surface area (Å²) in [5.74, 6) is 1.36. The summed E-state index contributed by atoms with van der Waals surface area (Å²) in [5.41, 5.74) is 0.968. The zero-order valence-corrected chi connectivity index (χ0v) is 15.4. The number of aromatic nitrogens is 2. The van der Waals surface area contributed by atoms with Crippen LogP contribution in [0.1, 0.15) is 49.5 Å². The molecule has 1 aliphatic heterocycles. The minimum Gasteiger partial charge on any atom is -0.392 e. The molecule has 1 aromatic heterocycles. The van der Waals surface area contributed by atoms with E-state index >= 15 is 0 Å². The molecule has 0 spiro atoms. The molecule has 0 amide bonds. The fourth-order valence-electron chi connectivity index (χ4n) is 3.00. The molecule has 0 bridgehead atoms. The quantitative estimate of drug-likeness (QED) is 0.864. The number of likely N-dealkylation sites (tertiary alicyclic amines) is 1. The molecule has 0 unspecified atom stereocenters. The molecule has 25 heavy (non-hydrogen) atoms. The lowest BCUT2D eigenvalue weighted by atomic mass is 10.1. The molecule has 1 saturated heterocycles. The topological polar surface area (TPSA) is 96.5 Å². The van der Waals surface area contributed by atoms with Crippen LogP contribution in [0, 0.1) is 0 Å². The third kappa shape index (κ3) is 4.08. The van der Waals surface area contributed by atoms with E-state index in [-0.39, 0.29) is 12.0 Å². The SMILES string of the molecule is CC(C)c1noc([C@H]2C[C@@H](O)CN2Cc2ccc(S(C)(=O)=O)cc2)n1. The number of benzene rings is 1. The average Bonchev–Trinajstić information content (AvgIpc) is 3.13. The van der Waals surface area contributed by atoms with Gasteiger partial charge in [-0.05, 0) is 24.1 Å². The standard InChI is InChI=1S/C17H23N3O4S/c1-11(2)16-18-17(24-19-16)15-8-13(21)10-20(15)9-12-4-6-14(7-5-12)25(3,22)23/h4-7,11,13,15,21H,8-10H2,1-3H3/t13-,15-/m1/s1. The molecule has 0 aliphatic carbocycles. The summed E-state index contributed by atoms with van der Waals surface area (Å²) in [4.78, 5) is 6.83. The molecule has 0 radical (unpaired) electrons.